The van der Waals surface area contributed by atoms with Gasteiger partial charge in [0.2, 0.25) is 0 Å². The zero-order valence-corrected chi connectivity index (χ0v) is 14.2. The number of fused-ring (bicyclic) bond motifs is 1. The summed E-state index contributed by atoms with van der Waals surface area (Å²) in [7, 11) is 0. The number of carbonyl (C=O) groups is 1. The maximum atomic E-state index is 12.9. The number of hydrogen-bond donors (Lipinski definition) is 1. The predicted octanol–water partition coefficient (Wildman–Crippen LogP) is 3.25. The van der Waals surface area contributed by atoms with Crippen LogP contribution in [0.25, 0.3) is 11.0 Å². The molecule has 2 aromatic heterocycles. The van der Waals surface area contributed by atoms with Gasteiger partial charge in [-0.2, -0.15) is 0 Å². The van der Waals surface area contributed by atoms with E-state index in [-0.39, 0.29) is 17.3 Å². The summed E-state index contributed by atoms with van der Waals surface area (Å²) in [4.78, 5) is 33.2. The molecule has 0 aromatic carbocycles. The molecule has 1 aliphatic rings. The molecule has 7 heteroatoms. The standard InChI is InChI=1S/C17H22N4O3/c1-17(2,3)24-16(23)20-13-8-11-9-18-10-19-14(11)21(15(13)22)12-6-4-5-7-12/h8-10,12H,4-7H2,1-3H3,(H,20,23). The van der Waals surface area contributed by atoms with Crippen LogP contribution in [0.2, 0.25) is 0 Å². The van der Waals surface area contributed by atoms with Crippen LogP contribution in [-0.4, -0.2) is 26.2 Å². The summed E-state index contributed by atoms with van der Waals surface area (Å²) in [5.74, 6) is 0. The summed E-state index contributed by atoms with van der Waals surface area (Å²) in [6.45, 7) is 5.33. The smallest absolute Gasteiger partial charge is 0.412 e. The number of ether oxygens (including phenoxy) is 1. The number of aromatic nitrogens is 3. The molecule has 1 N–H and O–H groups in total. The maximum Gasteiger partial charge on any atom is 0.412 e. The Morgan fingerprint density at radius 2 is 2.04 bits per heavy atom. The van der Waals surface area contributed by atoms with Crippen molar-refractivity contribution in [1.82, 2.24) is 14.5 Å². The van der Waals surface area contributed by atoms with Gasteiger partial charge in [-0.3, -0.25) is 14.7 Å². The van der Waals surface area contributed by atoms with Gasteiger partial charge < -0.3 is 4.74 Å². The van der Waals surface area contributed by atoms with Gasteiger partial charge in [-0.05, 0) is 39.7 Å². The Balaban J connectivity index is 2.04. The number of pyridine rings is 1. The predicted molar refractivity (Wildman–Crippen MR) is 91.2 cm³/mol. The third kappa shape index (κ3) is 3.39. The lowest BCUT2D eigenvalue weighted by Crippen LogP contribution is -2.32. The molecule has 7 nitrogen and oxygen atoms in total. The Kier molecular flexibility index (Phi) is 4.26. The van der Waals surface area contributed by atoms with Gasteiger partial charge in [-0.25, -0.2) is 14.8 Å². The minimum Gasteiger partial charge on any atom is -0.444 e. The van der Waals surface area contributed by atoms with E-state index in [0.29, 0.717) is 5.65 Å². The molecule has 24 heavy (non-hydrogen) atoms. The fraction of sp³-hybridized carbons (Fsp3) is 0.529. The van der Waals surface area contributed by atoms with Crippen molar-refractivity contribution in [2.45, 2.75) is 58.1 Å². The first-order chi connectivity index (χ1) is 11.3. The van der Waals surface area contributed by atoms with E-state index >= 15 is 0 Å². The molecule has 1 saturated carbocycles. The summed E-state index contributed by atoms with van der Waals surface area (Å²) < 4.78 is 6.94. The average molecular weight is 330 g/mol. The van der Waals surface area contributed by atoms with E-state index in [1.807, 2.05) is 0 Å². The van der Waals surface area contributed by atoms with Gasteiger partial charge in [-0.1, -0.05) is 12.8 Å². The second-order valence-electron chi connectivity index (χ2n) is 7.10. The molecule has 0 bridgehead atoms. The fourth-order valence-electron chi connectivity index (χ4n) is 3.08. The molecule has 0 radical (unpaired) electrons. The molecule has 0 unspecified atom stereocenters. The quantitative estimate of drug-likeness (QED) is 0.913. The normalized spacial score (nSPS) is 15.6. The number of carbonyl (C=O) groups excluding carboxylic acids is 1. The van der Waals surface area contributed by atoms with Gasteiger partial charge in [0.1, 0.15) is 23.3 Å². The topological polar surface area (TPSA) is 86.1 Å². The molecule has 2 heterocycles. The molecule has 0 aliphatic heterocycles. The van der Waals surface area contributed by atoms with Crippen molar-refractivity contribution in [3.05, 3.63) is 28.9 Å². The first-order valence-electron chi connectivity index (χ1n) is 8.20. The Morgan fingerprint density at radius 1 is 1.33 bits per heavy atom. The highest BCUT2D eigenvalue weighted by Gasteiger charge is 2.24. The molecular formula is C17H22N4O3. The molecule has 3 rings (SSSR count). The van der Waals surface area contributed by atoms with E-state index in [1.54, 1.807) is 37.6 Å². The van der Waals surface area contributed by atoms with Gasteiger partial charge in [-0.15, -0.1) is 0 Å². The first-order valence-corrected chi connectivity index (χ1v) is 8.20. The lowest BCUT2D eigenvalue weighted by atomic mass is 10.2. The van der Waals surface area contributed by atoms with E-state index in [2.05, 4.69) is 15.3 Å². The SMILES string of the molecule is CC(C)(C)OC(=O)Nc1cc2cncnc2n(C2CCCC2)c1=O. The van der Waals surface area contributed by atoms with Crippen LogP contribution in [0.4, 0.5) is 10.5 Å². The second kappa shape index (κ2) is 6.22. The number of nitrogens with one attached hydrogen (secondary N) is 1. The van der Waals surface area contributed by atoms with Crippen LogP contribution in [0.15, 0.2) is 23.4 Å². The van der Waals surface area contributed by atoms with E-state index in [9.17, 15) is 9.59 Å². The van der Waals surface area contributed by atoms with E-state index in [0.717, 1.165) is 31.1 Å². The Labute approximate surface area is 140 Å². The summed E-state index contributed by atoms with van der Waals surface area (Å²) in [5, 5.41) is 3.29. The van der Waals surface area contributed by atoms with Gasteiger partial charge in [0, 0.05) is 17.6 Å². The van der Waals surface area contributed by atoms with Crippen molar-refractivity contribution < 1.29 is 9.53 Å². The van der Waals surface area contributed by atoms with Crippen molar-refractivity contribution in [1.29, 1.82) is 0 Å². The van der Waals surface area contributed by atoms with Gasteiger partial charge in [0.25, 0.3) is 5.56 Å². The molecule has 0 spiro atoms. The van der Waals surface area contributed by atoms with Gasteiger partial charge in [0.15, 0.2) is 0 Å². The lowest BCUT2D eigenvalue weighted by molar-refractivity contribution is 0.0635. The number of nitrogens with zero attached hydrogens (tertiary/aromatic N) is 3. The summed E-state index contributed by atoms with van der Waals surface area (Å²) in [6.07, 6.45) is 6.50. The van der Waals surface area contributed by atoms with Crippen LogP contribution in [0.1, 0.15) is 52.5 Å². The maximum absolute atomic E-state index is 12.9. The van der Waals surface area contributed by atoms with Crippen molar-refractivity contribution in [3.63, 3.8) is 0 Å². The van der Waals surface area contributed by atoms with Crippen LogP contribution < -0.4 is 10.9 Å². The summed E-state index contributed by atoms with van der Waals surface area (Å²) in [6, 6.07) is 1.71. The summed E-state index contributed by atoms with van der Waals surface area (Å²) >= 11 is 0. The third-order valence-electron chi connectivity index (χ3n) is 4.02. The Hall–Kier alpha value is -2.44. The highest BCUT2D eigenvalue weighted by molar-refractivity contribution is 5.88. The third-order valence-corrected chi connectivity index (χ3v) is 4.02. The first kappa shape index (κ1) is 16.4. The van der Waals surface area contributed by atoms with E-state index in [4.69, 9.17) is 4.74 Å². The number of amides is 1. The monoisotopic (exact) mass is 330 g/mol. The fourth-order valence-corrected chi connectivity index (χ4v) is 3.08. The Bertz CT molecular complexity index is 817. The van der Waals surface area contributed by atoms with Crippen molar-refractivity contribution in [2.75, 3.05) is 5.32 Å². The van der Waals surface area contributed by atoms with Crippen LogP contribution in [0.5, 0.6) is 0 Å². The highest BCUT2D eigenvalue weighted by Crippen LogP contribution is 2.30. The zero-order chi connectivity index (χ0) is 17.3. The molecule has 0 atom stereocenters. The lowest BCUT2D eigenvalue weighted by Gasteiger charge is -2.21. The second-order valence-corrected chi connectivity index (χ2v) is 7.10. The molecule has 1 fully saturated rings. The summed E-state index contributed by atoms with van der Waals surface area (Å²) in [5.41, 5.74) is -0.0804. The van der Waals surface area contributed by atoms with Crippen molar-refractivity contribution >= 4 is 22.8 Å². The van der Waals surface area contributed by atoms with Gasteiger partial charge in [0.05, 0.1) is 0 Å². The minimum atomic E-state index is -0.645. The molecule has 1 aliphatic carbocycles. The van der Waals surface area contributed by atoms with E-state index in [1.165, 1.54) is 6.33 Å². The van der Waals surface area contributed by atoms with Crippen molar-refractivity contribution in [3.8, 4) is 0 Å². The number of rotatable bonds is 2. The molecule has 0 saturated heterocycles. The minimum absolute atomic E-state index is 0.107. The molecule has 2 aromatic rings. The zero-order valence-electron chi connectivity index (χ0n) is 14.2. The number of hydrogen-bond acceptors (Lipinski definition) is 5. The molecular weight excluding hydrogens is 308 g/mol. The van der Waals surface area contributed by atoms with Crippen LogP contribution >= 0.6 is 0 Å². The van der Waals surface area contributed by atoms with Crippen molar-refractivity contribution in [2.24, 2.45) is 0 Å². The average Bonchev–Trinajstić information content (AvgIpc) is 3.00. The van der Waals surface area contributed by atoms with Crippen LogP contribution in [-0.2, 0) is 4.74 Å². The van der Waals surface area contributed by atoms with Gasteiger partial charge >= 0.3 is 6.09 Å². The van der Waals surface area contributed by atoms with E-state index < -0.39 is 11.7 Å². The van der Waals surface area contributed by atoms with Crippen LogP contribution in [0, 0.1) is 0 Å². The molecule has 128 valence electrons. The molecule has 1 amide bonds. The van der Waals surface area contributed by atoms with Crippen LogP contribution in [0.3, 0.4) is 0 Å². The highest BCUT2D eigenvalue weighted by atomic mass is 16.6. The number of anilines is 1. The Morgan fingerprint density at radius 3 is 2.71 bits per heavy atom. The largest absolute Gasteiger partial charge is 0.444 e.